The Morgan fingerprint density at radius 2 is 1.89 bits per heavy atom. The molecule has 0 heterocycles. The van der Waals surface area contributed by atoms with Crippen molar-refractivity contribution in [3.05, 3.63) is 62.0 Å². The number of ether oxygens (including phenoxy) is 1. The van der Waals surface area contributed by atoms with Crippen LogP contribution >= 0.6 is 39.1 Å². The van der Waals surface area contributed by atoms with Crippen LogP contribution in [0, 0.1) is 6.92 Å². The third kappa shape index (κ3) is 3.50. The van der Waals surface area contributed by atoms with Gasteiger partial charge < -0.3 is 4.74 Å². The number of carbonyl (C=O) groups excluding carboxylic acids is 1. The van der Waals surface area contributed by atoms with Crippen molar-refractivity contribution in [2.45, 2.75) is 6.92 Å². The summed E-state index contributed by atoms with van der Waals surface area (Å²) in [6, 6.07) is 9.94. The smallest absolute Gasteiger partial charge is 0.345 e. The second-order valence-electron chi connectivity index (χ2n) is 3.92. The molecule has 2 nitrogen and oxygen atoms in total. The van der Waals surface area contributed by atoms with E-state index in [-0.39, 0.29) is 10.6 Å². The normalized spacial score (nSPS) is 10.3. The minimum atomic E-state index is -0.511. The number of esters is 1. The minimum Gasteiger partial charge on any atom is -0.423 e. The molecule has 0 aromatic heterocycles. The predicted molar refractivity (Wildman–Crippen MR) is 80.3 cm³/mol. The lowest BCUT2D eigenvalue weighted by Gasteiger charge is -2.07. The summed E-state index contributed by atoms with van der Waals surface area (Å²) in [5.74, 6) is -0.0416. The van der Waals surface area contributed by atoms with Crippen LogP contribution in [-0.4, -0.2) is 5.97 Å². The zero-order valence-corrected chi connectivity index (χ0v) is 13.0. The van der Waals surface area contributed by atoms with Gasteiger partial charge in [0.05, 0.1) is 10.6 Å². The maximum Gasteiger partial charge on any atom is 0.345 e. The first-order valence-corrected chi connectivity index (χ1v) is 6.95. The van der Waals surface area contributed by atoms with Gasteiger partial charge >= 0.3 is 5.97 Å². The zero-order chi connectivity index (χ0) is 14.0. The van der Waals surface area contributed by atoms with Crippen molar-refractivity contribution in [3.63, 3.8) is 0 Å². The number of rotatable bonds is 2. The van der Waals surface area contributed by atoms with Crippen molar-refractivity contribution in [1.82, 2.24) is 0 Å². The number of hydrogen-bond donors (Lipinski definition) is 0. The van der Waals surface area contributed by atoms with Gasteiger partial charge in [-0.25, -0.2) is 4.79 Å². The predicted octanol–water partition coefficient (Wildman–Crippen LogP) is 5.28. The minimum absolute atomic E-state index is 0.270. The van der Waals surface area contributed by atoms with E-state index in [1.165, 1.54) is 6.07 Å². The highest BCUT2D eigenvalue weighted by Gasteiger charge is 2.13. The lowest BCUT2D eigenvalue weighted by Crippen LogP contribution is -2.09. The lowest BCUT2D eigenvalue weighted by atomic mass is 10.2. The lowest BCUT2D eigenvalue weighted by molar-refractivity contribution is 0.0735. The SMILES string of the molecule is Cc1cc(OC(=O)c2ccc(Cl)cc2Cl)ccc1Br. The summed E-state index contributed by atoms with van der Waals surface area (Å²) in [4.78, 5) is 12.0. The highest BCUT2D eigenvalue weighted by molar-refractivity contribution is 9.10. The van der Waals surface area contributed by atoms with Gasteiger partial charge in [0.25, 0.3) is 0 Å². The average molecular weight is 360 g/mol. The summed E-state index contributed by atoms with van der Waals surface area (Å²) in [5, 5.41) is 0.743. The van der Waals surface area contributed by atoms with Crippen molar-refractivity contribution in [1.29, 1.82) is 0 Å². The molecule has 5 heteroatoms. The summed E-state index contributed by atoms with van der Waals surface area (Å²) >= 11 is 15.1. The van der Waals surface area contributed by atoms with Crippen LogP contribution in [0.1, 0.15) is 15.9 Å². The largest absolute Gasteiger partial charge is 0.423 e. The molecule has 19 heavy (non-hydrogen) atoms. The van der Waals surface area contributed by atoms with Crippen molar-refractivity contribution < 1.29 is 9.53 Å². The highest BCUT2D eigenvalue weighted by Crippen LogP contribution is 2.25. The summed E-state index contributed by atoms with van der Waals surface area (Å²) in [6.45, 7) is 1.91. The molecule has 0 fully saturated rings. The fraction of sp³-hybridized carbons (Fsp3) is 0.0714. The number of benzene rings is 2. The summed E-state index contributed by atoms with van der Waals surface area (Å²) in [5.41, 5.74) is 1.26. The van der Waals surface area contributed by atoms with Gasteiger partial charge in [-0.05, 0) is 48.9 Å². The van der Waals surface area contributed by atoms with E-state index in [4.69, 9.17) is 27.9 Å². The van der Waals surface area contributed by atoms with Gasteiger partial charge in [-0.15, -0.1) is 0 Å². The van der Waals surface area contributed by atoms with Gasteiger partial charge in [-0.2, -0.15) is 0 Å². The van der Waals surface area contributed by atoms with Crippen molar-refractivity contribution >= 4 is 45.1 Å². The third-order valence-corrected chi connectivity index (χ3v) is 3.93. The Hall–Kier alpha value is -1.03. The topological polar surface area (TPSA) is 26.3 Å². The van der Waals surface area contributed by atoms with Gasteiger partial charge in [-0.3, -0.25) is 0 Å². The number of carbonyl (C=O) groups is 1. The summed E-state index contributed by atoms with van der Waals surface area (Å²) in [6.07, 6.45) is 0. The molecule has 0 amide bonds. The van der Waals surface area contributed by atoms with Crippen molar-refractivity contribution in [2.75, 3.05) is 0 Å². The Kier molecular flexibility index (Phi) is 4.50. The molecular weight excluding hydrogens is 351 g/mol. The molecule has 0 aliphatic carbocycles. The Morgan fingerprint density at radius 1 is 1.16 bits per heavy atom. The maximum absolute atomic E-state index is 12.0. The average Bonchev–Trinajstić information content (AvgIpc) is 2.33. The van der Waals surface area contributed by atoms with Gasteiger partial charge in [-0.1, -0.05) is 39.1 Å². The van der Waals surface area contributed by atoms with Gasteiger partial charge in [0.15, 0.2) is 0 Å². The number of aryl methyl sites for hydroxylation is 1. The Bertz CT molecular complexity index is 641. The summed E-state index contributed by atoms with van der Waals surface area (Å²) < 4.78 is 6.23. The van der Waals surface area contributed by atoms with Crippen molar-refractivity contribution in [2.24, 2.45) is 0 Å². The molecule has 2 aromatic carbocycles. The molecule has 2 rings (SSSR count). The molecule has 98 valence electrons. The molecule has 0 bridgehead atoms. The third-order valence-electron chi connectivity index (χ3n) is 2.49. The Balaban J connectivity index is 2.23. The van der Waals surface area contributed by atoms with Crippen LogP contribution < -0.4 is 4.74 Å². The van der Waals surface area contributed by atoms with Gasteiger partial charge in [0, 0.05) is 9.50 Å². The number of halogens is 3. The maximum atomic E-state index is 12.0. The molecule has 0 saturated heterocycles. The van der Waals surface area contributed by atoms with Gasteiger partial charge in [0.1, 0.15) is 5.75 Å². The fourth-order valence-electron chi connectivity index (χ4n) is 1.50. The van der Waals surface area contributed by atoms with E-state index in [9.17, 15) is 4.79 Å². The quantitative estimate of drug-likeness (QED) is 0.538. The van der Waals surface area contributed by atoms with Gasteiger partial charge in [0.2, 0.25) is 0 Å². The van der Waals surface area contributed by atoms with E-state index >= 15 is 0 Å². The molecule has 0 aliphatic rings. The molecular formula is C14H9BrCl2O2. The first-order chi connectivity index (χ1) is 8.97. The first-order valence-electron chi connectivity index (χ1n) is 5.41. The standard InChI is InChI=1S/C14H9BrCl2O2/c1-8-6-10(3-5-12(8)15)19-14(18)11-4-2-9(16)7-13(11)17/h2-7H,1H3. The molecule has 0 N–H and O–H groups in total. The van der Waals surface area contributed by atoms with Crippen LogP contribution in [0.5, 0.6) is 5.75 Å². The van der Waals surface area contributed by atoms with Crippen LogP contribution in [-0.2, 0) is 0 Å². The second kappa shape index (κ2) is 5.95. The zero-order valence-electron chi connectivity index (χ0n) is 9.91. The van der Waals surface area contributed by atoms with Crippen LogP contribution in [0.15, 0.2) is 40.9 Å². The van der Waals surface area contributed by atoms with Crippen LogP contribution in [0.25, 0.3) is 0 Å². The monoisotopic (exact) mass is 358 g/mol. The Morgan fingerprint density at radius 3 is 2.53 bits per heavy atom. The highest BCUT2D eigenvalue weighted by atomic mass is 79.9. The van der Waals surface area contributed by atoms with Crippen LogP contribution in [0.4, 0.5) is 0 Å². The first kappa shape index (κ1) is 14.4. The molecule has 0 unspecified atom stereocenters. The summed E-state index contributed by atoms with van der Waals surface area (Å²) in [7, 11) is 0. The molecule has 0 saturated carbocycles. The van der Waals surface area contributed by atoms with Crippen LogP contribution in [0.2, 0.25) is 10.0 Å². The van der Waals surface area contributed by atoms with E-state index in [1.807, 2.05) is 13.0 Å². The molecule has 0 aliphatic heterocycles. The molecule has 0 spiro atoms. The van der Waals surface area contributed by atoms with Crippen molar-refractivity contribution in [3.8, 4) is 5.75 Å². The molecule has 2 aromatic rings. The van der Waals surface area contributed by atoms with E-state index < -0.39 is 5.97 Å². The Labute approximate surface area is 129 Å². The number of hydrogen-bond acceptors (Lipinski definition) is 2. The van der Waals surface area contributed by atoms with Crippen LogP contribution in [0.3, 0.4) is 0 Å². The van der Waals surface area contributed by atoms with E-state index in [0.29, 0.717) is 10.8 Å². The van der Waals surface area contributed by atoms with E-state index in [0.717, 1.165) is 10.0 Å². The van der Waals surface area contributed by atoms with E-state index in [2.05, 4.69) is 15.9 Å². The second-order valence-corrected chi connectivity index (χ2v) is 5.62. The fourth-order valence-corrected chi connectivity index (χ4v) is 2.23. The molecule has 0 radical (unpaired) electrons. The van der Waals surface area contributed by atoms with E-state index in [1.54, 1.807) is 24.3 Å². The molecule has 0 atom stereocenters.